The van der Waals surface area contributed by atoms with Crippen LogP contribution in [0.25, 0.3) is 22.0 Å². The van der Waals surface area contributed by atoms with E-state index >= 15 is 0 Å². The molecule has 1 heterocycles. The lowest BCUT2D eigenvalue weighted by molar-refractivity contribution is 0.199. The van der Waals surface area contributed by atoms with Gasteiger partial charge in [-0.2, -0.15) is 10.2 Å². The standard InChI is InChI=1S/C32H40ClN3O3Si/c1-21(39-40(7,8)32(2,3)4)15-24-10-9-22(16-28(24)33)23-12-14-27-29(17-23)36-35-20-30(27)34-19-25-11-13-26(37-5)18-31(25)38-6/h9-14,16-18,20-21H,15,19H2,1-8H3,(H,34,36). The minimum atomic E-state index is -1.84. The van der Waals surface area contributed by atoms with Gasteiger partial charge in [0, 0.05) is 34.7 Å². The van der Waals surface area contributed by atoms with Crippen LogP contribution in [-0.4, -0.2) is 38.8 Å². The van der Waals surface area contributed by atoms with Crippen molar-refractivity contribution in [3.8, 4) is 22.6 Å². The summed E-state index contributed by atoms with van der Waals surface area (Å²) in [5.74, 6) is 1.52. The fraction of sp³-hybridized carbons (Fsp3) is 0.375. The molecule has 3 aromatic carbocycles. The van der Waals surface area contributed by atoms with E-state index < -0.39 is 8.32 Å². The molecule has 1 unspecified atom stereocenters. The maximum absolute atomic E-state index is 6.77. The maximum atomic E-state index is 6.77. The van der Waals surface area contributed by atoms with Crippen LogP contribution in [0.5, 0.6) is 11.5 Å². The van der Waals surface area contributed by atoms with E-state index in [1.165, 1.54) is 0 Å². The van der Waals surface area contributed by atoms with E-state index in [-0.39, 0.29) is 11.1 Å². The number of fused-ring (bicyclic) bond motifs is 1. The summed E-state index contributed by atoms with van der Waals surface area (Å²) in [6.45, 7) is 14.1. The van der Waals surface area contributed by atoms with Gasteiger partial charge in [-0.25, -0.2) is 0 Å². The van der Waals surface area contributed by atoms with E-state index in [9.17, 15) is 0 Å². The molecule has 0 spiro atoms. The van der Waals surface area contributed by atoms with Gasteiger partial charge in [0.15, 0.2) is 8.32 Å². The number of rotatable bonds is 10. The predicted octanol–water partition coefficient (Wildman–Crippen LogP) is 8.53. The first kappa shape index (κ1) is 29.8. The van der Waals surface area contributed by atoms with Gasteiger partial charge >= 0.3 is 0 Å². The number of nitrogens with zero attached hydrogens (tertiary/aromatic N) is 2. The van der Waals surface area contributed by atoms with Crippen molar-refractivity contribution in [3.05, 3.63) is 76.9 Å². The van der Waals surface area contributed by atoms with E-state index in [4.69, 9.17) is 25.5 Å². The van der Waals surface area contributed by atoms with Gasteiger partial charge in [0.1, 0.15) is 11.5 Å². The van der Waals surface area contributed by atoms with Crippen molar-refractivity contribution in [3.63, 3.8) is 0 Å². The molecule has 0 amide bonds. The molecule has 1 atom stereocenters. The highest BCUT2D eigenvalue weighted by Gasteiger charge is 2.38. The van der Waals surface area contributed by atoms with Gasteiger partial charge in [0.05, 0.1) is 31.6 Å². The Balaban J connectivity index is 1.50. The number of benzene rings is 3. The number of halogens is 1. The molecule has 8 heteroatoms. The molecule has 0 aliphatic heterocycles. The minimum absolute atomic E-state index is 0.101. The Morgan fingerprint density at radius 3 is 2.30 bits per heavy atom. The Labute approximate surface area is 244 Å². The molecule has 0 fully saturated rings. The van der Waals surface area contributed by atoms with Gasteiger partial charge in [0.2, 0.25) is 0 Å². The minimum Gasteiger partial charge on any atom is -0.497 e. The van der Waals surface area contributed by atoms with Crippen molar-refractivity contribution in [2.45, 2.75) is 64.9 Å². The summed E-state index contributed by atoms with van der Waals surface area (Å²) in [5, 5.41) is 14.0. The zero-order chi connectivity index (χ0) is 29.1. The average molecular weight is 578 g/mol. The molecule has 4 rings (SSSR count). The Morgan fingerprint density at radius 2 is 1.62 bits per heavy atom. The third-order valence-electron chi connectivity index (χ3n) is 7.80. The van der Waals surface area contributed by atoms with Crippen molar-refractivity contribution in [2.24, 2.45) is 0 Å². The highest BCUT2D eigenvalue weighted by atomic mass is 35.5. The molecular formula is C32H40ClN3O3Si. The fourth-order valence-electron chi connectivity index (χ4n) is 4.49. The van der Waals surface area contributed by atoms with E-state index in [0.29, 0.717) is 6.54 Å². The molecule has 0 saturated heterocycles. The van der Waals surface area contributed by atoms with Crippen molar-refractivity contribution in [1.29, 1.82) is 0 Å². The average Bonchev–Trinajstić information content (AvgIpc) is 2.91. The van der Waals surface area contributed by atoms with E-state index in [1.807, 2.05) is 24.3 Å². The van der Waals surface area contributed by atoms with Crippen LogP contribution < -0.4 is 14.8 Å². The monoisotopic (exact) mass is 577 g/mol. The maximum Gasteiger partial charge on any atom is 0.192 e. The van der Waals surface area contributed by atoms with Crippen molar-refractivity contribution in [1.82, 2.24) is 10.2 Å². The number of ether oxygens (including phenoxy) is 2. The summed E-state index contributed by atoms with van der Waals surface area (Å²) in [4.78, 5) is 0. The van der Waals surface area contributed by atoms with Crippen LogP contribution in [0.4, 0.5) is 5.69 Å². The molecule has 1 N–H and O–H groups in total. The molecule has 212 valence electrons. The SMILES string of the molecule is COc1ccc(CNc2cnnc3cc(-c4ccc(CC(C)O[Si](C)(C)C(C)(C)C)c(Cl)c4)ccc23)c(OC)c1. The lowest BCUT2D eigenvalue weighted by Crippen LogP contribution is -2.43. The van der Waals surface area contributed by atoms with Crippen molar-refractivity contribution < 1.29 is 13.9 Å². The fourth-order valence-corrected chi connectivity index (χ4v) is 6.19. The summed E-state index contributed by atoms with van der Waals surface area (Å²) in [5.41, 5.74) is 5.90. The number of hydrogen-bond acceptors (Lipinski definition) is 6. The molecule has 0 radical (unpaired) electrons. The number of methoxy groups -OCH3 is 2. The Hall–Kier alpha value is -3.13. The first-order valence-corrected chi connectivity index (χ1v) is 16.9. The molecule has 4 aromatic rings. The molecule has 0 bridgehead atoms. The normalized spacial score (nSPS) is 12.8. The second-order valence-corrected chi connectivity index (χ2v) is 16.9. The van der Waals surface area contributed by atoms with Gasteiger partial charge < -0.3 is 19.2 Å². The van der Waals surface area contributed by atoms with Crippen molar-refractivity contribution in [2.75, 3.05) is 19.5 Å². The van der Waals surface area contributed by atoms with Crippen LogP contribution in [0.2, 0.25) is 23.2 Å². The molecular weight excluding hydrogens is 538 g/mol. The van der Waals surface area contributed by atoms with Gasteiger partial charge in [-0.15, -0.1) is 0 Å². The second-order valence-electron chi connectivity index (χ2n) is 11.7. The summed E-state index contributed by atoms with van der Waals surface area (Å²) in [6.07, 6.45) is 2.63. The summed E-state index contributed by atoms with van der Waals surface area (Å²) in [7, 11) is 1.46. The topological polar surface area (TPSA) is 65.5 Å². The van der Waals surface area contributed by atoms with Gasteiger partial charge in [0.25, 0.3) is 0 Å². The first-order chi connectivity index (χ1) is 18.9. The zero-order valence-electron chi connectivity index (χ0n) is 24.8. The Bertz CT molecular complexity index is 1490. The van der Waals surface area contributed by atoms with Crippen LogP contribution in [0, 0.1) is 0 Å². The first-order valence-electron chi connectivity index (χ1n) is 13.6. The molecule has 0 saturated carbocycles. The molecule has 0 aliphatic rings. The number of aromatic nitrogens is 2. The van der Waals surface area contributed by atoms with Gasteiger partial charge in [-0.1, -0.05) is 50.6 Å². The zero-order valence-corrected chi connectivity index (χ0v) is 26.5. The third-order valence-corrected chi connectivity index (χ3v) is 12.8. The van der Waals surface area contributed by atoms with Crippen LogP contribution in [0.15, 0.2) is 60.8 Å². The van der Waals surface area contributed by atoms with Gasteiger partial charge in [-0.3, -0.25) is 0 Å². The second kappa shape index (κ2) is 12.2. The van der Waals surface area contributed by atoms with E-state index in [1.54, 1.807) is 20.4 Å². The summed E-state index contributed by atoms with van der Waals surface area (Å²) < 4.78 is 17.4. The molecule has 1 aromatic heterocycles. The quantitative estimate of drug-likeness (QED) is 0.190. The van der Waals surface area contributed by atoms with Crippen LogP contribution in [0.1, 0.15) is 38.8 Å². The lowest BCUT2D eigenvalue weighted by Gasteiger charge is -2.38. The third kappa shape index (κ3) is 6.77. The number of anilines is 1. The summed E-state index contributed by atoms with van der Waals surface area (Å²) >= 11 is 6.77. The Morgan fingerprint density at radius 1 is 0.925 bits per heavy atom. The number of hydrogen-bond donors (Lipinski definition) is 1. The lowest BCUT2D eigenvalue weighted by atomic mass is 10.00. The smallest absolute Gasteiger partial charge is 0.192 e. The van der Waals surface area contributed by atoms with Crippen LogP contribution in [0.3, 0.4) is 0 Å². The largest absolute Gasteiger partial charge is 0.497 e. The molecule has 6 nitrogen and oxygen atoms in total. The van der Waals surface area contributed by atoms with E-state index in [2.05, 4.69) is 86.6 Å². The van der Waals surface area contributed by atoms with Crippen molar-refractivity contribution >= 4 is 36.5 Å². The number of nitrogens with one attached hydrogen (secondary N) is 1. The predicted molar refractivity (Wildman–Crippen MR) is 168 cm³/mol. The van der Waals surface area contributed by atoms with Gasteiger partial charge in [-0.05, 0) is 78.5 Å². The van der Waals surface area contributed by atoms with Crippen LogP contribution >= 0.6 is 11.6 Å². The summed E-state index contributed by atoms with van der Waals surface area (Å²) in [6, 6.07) is 18.3. The highest BCUT2D eigenvalue weighted by Crippen LogP contribution is 2.38. The Kier molecular flexibility index (Phi) is 9.08. The van der Waals surface area contributed by atoms with E-state index in [0.717, 1.165) is 61.8 Å². The van der Waals surface area contributed by atoms with Crippen LogP contribution in [-0.2, 0) is 17.4 Å². The molecule has 0 aliphatic carbocycles. The highest BCUT2D eigenvalue weighted by molar-refractivity contribution is 6.74. The molecule has 40 heavy (non-hydrogen) atoms.